The Morgan fingerprint density at radius 3 is 2.29 bits per heavy atom. The third-order valence-electron chi connectivity index (χ3n) is 4.39. The molecule has 0 aromatic heterocycles. The Kier molecular flexibility index (Phi) is 5.17. The first kappa shape index (κ1) is 16.2. The zero-order chi connectivity index (χ0) is 15.5. The van der Waals surface area contributed by atoms with Gasteiger partial charge in [-0.25, -0.2) is 8.42 Å². The summed E-state index contributed by atoms with van der Waals surface area (Å²) in [5.41, 5.74) is 1.16. The lowest BCUT2D eigenvalue weighted by Gasteiger charge is -2.28. The van der Waals surface area contributed by atoms with Gasteiger partial charge in [0.25, 0.3) is 0 Å². The summed E-state index contributed by atoms with van der Waals surface area (Å²) in [7, 11) is -3.43. The molecule has 1 aliphatic rings. The summed E-state index contributed by atoms with van der Waals surface area (Å²) in [5.74, 6) is 0.439. The highest BCUT2D eigenvalue weighted by molar-refractivity contribution is 7.89. The molecule has 2 rings (SSSR count). The quantitative estimate of drug-likeness (QED) is 0.786. The summed E-state index contributed by atoms with van der Waals surface area (Å²) in [6, 6.07) is 7.20. The summed E-state index contributed by atoms with van der Waals surface area (Å²) in [4.78, 5) is 11.1. The van der Waals surface area contributed by atoms with Gasteiger partial charge < -0.3 is 4.79 Å². The van der Waals surface area contributed by atoms with Crippen LogP contribution in [0.1, 0.15) is 44.6 Å². The third kappa shape index (κ3) is 3.52. The van der Waals surface area contributed by atoms with E-state index in [1.807, 2.05) is 12.1 Å². The van der Waals surface area contributed by atoms with Gasteiger partial charge in [-0.05, 0) is 42.9 Å². The first-order chi connectivity index (χ1) is 9.98. The van der Waals surface area contributed by atoms with Crippen LogP contribution in [0.3, 0.4) is 0 Å². The number of aldehydes is 1. The average molecular weight is 309 g/mol. The lowest BCUT2D eigenvalue weighted by Crippen LogP contribution is -2.38. The number of rotatable bonds is 5. The molecular formula is C16H23NO3S. The number of hydrogen-bond donors (Lipinski definition) is 0. The van der Waals surface area contributed by atoms with Gasteiger partial charge in [0.2, 0.25) is 10.0 Å². The highest BCUT2D eigenvalue weighted by Crippen LogP contribution is 2.25. The molecule has 1 atom stereocenters. The number of piperidine rings is 1. The fourth-order valence-corrected chi connectivity index (χ4v) is 4.08. The normalized spacial score (nSPS) is 19.3. The summed E-state index contributed by atoms with van der Waals surface area (Å²) >= 11 is 0. The van der Waals surface area contributed by atoms with E-state index in [2.05, 4.69) is 13.8 Å². The van der Waals surface area contributed by atoms with E-state index in [1.54, 1.807) is 12.1 Å². The van der Waals surface area contributed by atoms with Gasteiger partial charge in [-0.1, -0.05) is 26.0 Å². The van der Waals surface area contributed by atoms with E-state index in [0.717, 1.165) is 18.3 Å². The van der Waals surface area contributed by atoms with Crippen molar-refractivity contribution in [1.29, 1.82) is 0 Å². The second-order valence-corrected chi connectivity index (χ2v) is 7.69. The van der Waals surface area contributed by atoms with Crippen LogP contribution in [0.4, 0.5) is 0 Å². The Balaban J connectivity index is 2.14. The molecule has 1 heterocycles. The van der Waals surface area contributed by atoms with Crippen molar-refractivity contribution in [1.82, 2.24) is 4.31 Å². The van der Waals surface area contributed by atoms with Crippen molar-refractivity contribution in [2.45, 2.75) is 43.9 Å². The fraction of sp³-hybridized carbons (Fsp3) is 0.562. The van der Waals surface area contributed by atoms with Crippen molar-refractivity contribution in [3.05, 3.63) is 29.8 Å². The van der Waals surface area contributed by atoms with Crippen LogP contribution in [0.15, 0.2) is 29.2 Å². The van der Waals surface area contributed by atoms with Gasteiger partial charge >= 0.3 is 0 Å². The van der Waals surface area contributed by atoms with E-state index < -0.39 is 10.0 Å². The smallest absolute Gasteiger partial charge is 0.243 e. The van der Waals surface area contributed by atoms with Crippen LogP contribution in [-0.2, 0) is 14.8 Å². The van der Waals surface area contributed by atoms with Crippen molar-refractivity contribution < 1.29 is 13.2 Å². The summed E-state index contributed by atoms with van der Waals surface area (Å²) in [6.45, 7) is 5.11. The minimum absolute atomic E-state index is 0.00392. The second-order valence-electron chi connectivity index (χ2n) is 5.76. The molecule has 1 aliphatic heterocycles. The molecule has 0 N–H and O–H groups in total. The maximum absolute atomic E-state index is 12.6. The molecule has 1 saturated heterocycles. The van der Waals surface area contributed by atoms with Crippen molar-refractivity contribution in [3.63, 3.8) is 0 Å². The molecule has 4 nitrogen and oxygen atoms in total. The average Bonchev–Trinajstić information content (AvgIpc) is 2.54. The number of carbonyl (C=O) groups is 1. The molecule has 0 radical (unpaired) electrons. The van der Waals surface area contributed by atoms with Crippen molar-refractivity contribution in [2.24, 2.45) is 5.92 Å². The maximum Gasteiger partial charge on any atom is 0.243 e. The molecular weight excluding hydrogens is 286 g/mol. The topological polar surface area (TPSA) is 54.5 Å². The number of carbonyl (C=O) groups excluding carboxylic acids is 1. The van der Waals surface area contributed by atoms with E-state index >= 15 is 0 Å². The molecule has 21 heavy (non-hydrogen) atoms. The van der Waals surface area contributed by atoms with Crippen LogP contribution in [-0.4, -0.2) is 32.1 Å². The molecule has 0 bridgehead atoms. The van der Waals surface area contributed by atoms with Crippen LogP contribution in [0, 0.1) is 5.92 Å². The van der Waals surface area contributed by atoms with Crippen LogP contribution in [0.5, 0.6) is 0 Å². The molecule has 0 amide bonds. The Bertz CT molecular complexity index is 572. The zero-order valence-corrected chi connectivity index (χ0v) is 13.5. The van der Waals surface area contributed by atoms with Gasteiger partial charge in [-0.2, -0.15) is 4.31 Å². The Labute approximate surface area is 127 Å². The third-order valence-corrected chi connectivity index (χ3v) is 6.30. The highest BCUT2D eigenvalue weighted by atomic mass is 32.2. The van der Waals surface area contributed by atoms with E-state index in [4.69, 9.17) is 0 Å². The standard InChI is InChI=1S/C16H23NO3S/c1-3-13(2)15-4-6-16(7-5-15)21(19,20)17-10-8-14(12-18)9-11-17/h4-7,12-14H,3,8-11H2,1-2H3. The van der Waals surface area contributed by atoms with Crippen molar-refractivity contribution >= 4 is 16.3 Å². The minimum Gasteiger partial charge on any atom is -0.303 e. The molecule has 1 unspecified atom stereocenters. The number of benzene rings is 1. The molecule has 1 fully saturated rings. The minimum atomic E-state index is -3.43. The van der Waals surface area contributed by atoms with Gasteiger partial charge in [0, 0.05) is 19.0 Å². The van der Waals surface area contributed by atoms with E-state index in [-0.39, 0.29) is 5.92 Å². The van der Waals surface area contributed by atoms with Gasteiger partial charge in [-0.15, -0.1) is 0 Å². The second kappa shape index (κ2) is 6.71. The fourth-order valence-electron chi connectivity index (χ4n) is 2.61. The van der Waals surface area contributed by atoms with Crippen LogP contribution in [0.2, 0.25) is 0 Å². The number of sulfonamides is 1. The van der Waals surface area contributed by atoms with Crippen LogP contribution in [0.25, 0.3) is 0 Å². The SMILES string of the molecule is CCC(C)c1ccc(S(=O)(=O)N2CCC(C=O)CC2)cc1. The predicted octanol–water partition coefficient (Wildman–Crippen LogP) is 2.80. The van der Waals surface area contributed by atoms with Crippen molar-refractivity contribution in [3.8, 4) is 0 Å². The highest BCUT2D eigenvalue weighted by Gasteiger charge is 2.29. The van der Waals surface area contributed by atoms with Gasteiger partial charge in [0.05, 0.1) is 4.90 Å². The Hall–Kier alpha value is -1.20. The van der Waals surface area contributed by atoms with Crippen LogP contribution >= 0.6 is 0 Å². The summed E-state index contributed by atoms with van der Waals surface area (Å²) in [5, 5.41) is 0. The molecule has 0 saturated carbocycles. The summed E-state index contributed by atoms with van der Waals surface area (Å²) < 4.78 is 26.6. The lowest BCUT2D eigenvalue weighted by molar-refractivity contribution is -0.112. The van der Waals surface area contributed by atoms with Gasteiger partial charge in [0.1, 0.15) is 6.29 Å². The van der Waals surface area contributed by atoms with E-state index in [9.17, 15) is 13.2 Å². The van der Waals surface area contributed by atoms with E-state index in [0.29, 0.717) is 36.7 Å². The molecule has 0 aliphatic carbocycles. The van der Waals surface area contributed by atoms with Crippen molar-refractivity contribution in [2.75, 3.05) is 13.1 Å². The molecule has 116 valence electrons. The first-order valence-corrected chi connectivity index (χ1v) is 8.98. The lowest BCUT2D eigenvalue weighted by atomic mass is 9.99. The van der Waals surface area contributed by atoms with E-state index in [1.165, 1.54) is 4.31 Å². The monoisotopic (exact) mass is 309 g/mol. The number of nitrogens with zero attached hydrogens (tertiary/aromatic N) is 1. The van der Waals surface area contributed by atoms with Gasteiger partial charge in [0.15, 0.2) is 0 Å². The zero-order valence-electron chi connectivity index (χ0n) is 12.7. The maximum atomic E-state index is 12.6. The van der Waals surface area contributed by atoms with Crippen LogP contribution < -0.4 is 0 Å². The molecule has 1 aromatic carbocycles. The summed E-state index contributed by atoms with van der Waals surface area (Å²) in [6.07, 6.45) is 3.21. The molecule has 0 spiro atoms. The molecule has 1 aromatic rings. The Morgan fingerprint density at radius 2 is 1.81 bits per heavy atom. The first-order valence-electron chi connectivity index (χ1n) is 7.54. The Morgan fingerprint density at radius 1 is 1.24 bits per heavy atom. The molecule has 5 heteroatoms. The predicted molar refractivity (Wildman–Crippen MR) is 82.7 cm³/mol. The number of hydrogen-bond acceptors (Lipinski definition) is 3. The largest absolute Gasteiger partial charge is 0.303 e. The van der Waals surface area contributed by atoms with Gasteiger partial charge in [-0.3, -0.25) is 0 Å².